The van der Waals surface area contributed by atoms with Gasteiger partial charge in [0.1, 0.15) is 5.75 Å². The molecular formula is C16H16N2O5S. The van der Waals surface area contributed by atoms with E-state index in [1.807, 2.05) is 0 Å². The molecule has 0 aliphatic heterocycles. The maximum absolute atomic E-state index is 12.5. The summed E-state index contributed by atoms with van der Waals surface area (Å²) in [5.41, 5.74) is 2.26. The second kappa shape index (κ2) is 7.62. The number of carbonyl (C=O) groups is 1. The largest absolute Gasteiger partial charge is 0.495 e. The minimum Gasteiger partial charge on any atom is -0.495 e. The molecule has 1 amide bonds. The van der Waals surface area contributed by atoms with Crippen LogP contribution in [-0.2, 0) is 14.8 Å². The predicted molar refractivity (Wildman–Crippen MR) is 89.2 cm³/mol. The Bertz CT molecular complexity index is 862. The molecule has 126 valence electrons. The van der Waals surface area contributed by atoms with Gasteiger partial charge in [0.15, 0.2) is 0 Å². The van der Waals surface area contributed by atoms with Crippen molar-refractivity contribution in [1.82, 2.24) is 5.48 Å². The number of hydroxylamine groups is 1. The van der Waals surface area contributed by atoms with E-state index in [2.05, 4.69) is 4.72 Å². The van der Waals surface area contributed by atoms with Crippen molar-refractivity contribution in [3.05, 3.63) is 60.2 Å². The Morgan fingerprint density at radius 3 is 2.62 bits per heavy atom. The summed E-state index contributed by atoms with van der Waals surface area (Å²) < 4.78 is 32.6. The number of para-hydroxylation sites is 2. The highest BCUT2D eigenvalue weighted by atomic mass is 32.2. The molecule has 0 aliphatic carbocycles. The van der Waals surface area contributed by atoms with Crippen LogP contribution in [0.15, 0.2) is 59.5 Å². The normalized spacial score (nSPS) is 11.2. The van der Waals surface area contributed by atoms with E-state index in [0.717, 1.165) is 6.08 Å². The molecule has 8 heteroatoms. The zero-order valence-corrected chi connectivity index (χ0v) is 13.6. The molecule has 0 unspecified atom stereocenters. The zero-order chi connectivity index (χ0) is 17.6. The lowest BCUT2D eigenvalue weighted by Crippen LogP contribution is -2.15. The Balaban J connectivity index is 2.29. The highest BCUT2D eigenvalue weighted by Gasteiger charge is 2.16. The third-order valence-electron chi connectivity index (χ3n) is 3.06. The number of carbonyl (C=O) groups excluding carboxylic acids is 1. The maximum atomic E-state index is 12.5. The molecule has 24 heavy (non-hydrogen) atoms. The Kier molecular flexibility index (Phi) is 5.56. The first-order valence-corrected chi connectivity index (χ1v) is 8.32. The van der Waals surface area contributed by atoms with Gasteiger partial charge in [-0.1, -0.05) is 24.3 Å². The van der Waals surface area contributed by atoms with E-state index < -0.39 is 15.9 Å². The number of hydrogen-bond acceptors (Lipinski definition) is 5. The fraction of sp³-hybridized carbons (Fsp3) is 0.0625. The van der Waals surface area contributed by atoms with Gasteiger partial charge >= 0.3 is 0 Å². The number of sulfonamides is 1. The van der Waals surface area contributed by atoms with E-state index in [1.165, 1.54) is 30.8 Å². The standard InChI is InChI=1S/C16H16N2O5S/c1-23-15-8-3-2-7-14(15)18-24(21,22)13-6-4-5-12(11-13)9-10-16(19)17-20/h2-11,18,20H,1H3,(H,17,19)/b10-9+. The molecule has 0 aliphatic rings. The van der Waals surface area contributed by atoms with Crippen LogP contribution < -0.4 is 14.9 Å². The number of amides is 1. The van der Waals surface area contributed by atoms with Crippen LogP contribution in [0.25, 0.3) is 6.08 Å². The summed E-state index contributed by atoms with van der Waals surface area (Å²) in [6, 6.07) is 12.7. The summed E-state index contributed by atoms with van der Waals surface area (Å²) >= 11 is 0. The van der Waals surface area contributed by atoms with Crippen molar-refractivity contribution >= 4 is 27.7 Å². The molecule has 7 nitrogen and oxygen atoms in total. The fourth-order valence-electron chi connectivity index (χ4n) is 1.93. The highest BCUT2D eigenvalue weighted by Crippen LogP contribution is 2.26. The molecule has 2 aromatic rings. The molecule has 0 fully saturated rings. The van der Waals surface area contributed by atoms with Crippen LogP contribution in [0.2, 0.25) is 0 Å². The van der Waals surface area contributed by atoms with Crippen molar-refractivity contribution in [3.8, 4) is 5.75 Å². The second-order valence-electron chi connectivity index (χ2n) is 4.69. The third kappa shape index (κ3) is 4.34. The summed E-state index contributed by atoms with van der Waals surface area (Å²) in [7, 11) is -2.38. The Hall–Kier alpha value is -2.84. The molecule has 0 radical (unpaired) electrons. The number of anilines is 1. The lowest BCUT2D eigenvalue weighted by molar-refractivity contribution is -0.124. The van der Waals surface area contributed by atoms with Crippen LogP contribution >= 0.6 is 0 Å². The summed E-state index contributed by atoms with van der Waals surface area (Å²) in [6.07, 6.45) is 2.47. The lowest BCUT2D eigenvalue weighted by Gasteiger charge is -2.11. The average Bonchev–Trinajstić information content (AvgIpc) is 2.60. The van der Waals surface area contributed by atoms with Gasteiger partial charge in [0, 0.05) is 6.08 Å². The molecule has 2 rings (SSSR count). The molecule has 3 N–H and O–H groups in total. The smallest absolute Gasteiger partial charge is 0.267 e. The number of rotatable bonds is 6. The molecule has 0 atom stereocenters. The fourth-order valence-corrected chi connectivity index (χ4v) is 3.05. The molecule has 0 saturated carbocycles. The molecule has 0 aromatic heterocycles. The number of nitrogens with one attached hydrogen (secondary N) is 2. The lowest BCUT2D eigenvalue weighted by atomic mass is 10.2. The molecule has 0 heterocycles. The molecular weight excluding hydrogens is 332 g/mol. The van der Waals surface area contributed by atoms with Gasteiger partial charge < -0.3 is 4.74 Å². The van der Waals surface area contributed by atoms with Crippen molar-refractivity contribution < 1.29 is 23.2 Å². The summed E-state index contributed by atoms with van der Waals surface area (Å²) in [4.78, 5) is 11.0. The van der Waals surface area contributed by atoms with Crippen LogP contribution in [0.5, 0.6) is 5.75 Å². The van der Waals surface area contributed by atoms with Crippen LogP contribution in [0.1, 0.15) is 5.56 Å². The van der Waals surface area contributed by atoms with E-state index >= 15 is 0 Å². The van der Waals surface area contributed by atoms with Crippen molar-refractivity contribution in [2.45, 2.75) is 4.90 Å². The van der Waals surface area contributed by atoms with Crippen molar-refractivity contribution in [2.75, 3.05) is 11.8 Å². The topological polar surface area (TPSA) is 105 Å². The number of benzene rings is 2. The summed E-state index contributed by atoms with van der Waals surface area (Å²) in [5.74, 6) is -0.313. The quantitative estimate of drug-likeness (QED) is 0.421. The van der Waals surface area contributed by atoms with E-state index in [0.29, 0.717) is 17.0 Å². The molecule has 0 bridgehead atoms. The van der Waals surface area contributed by atoms with E-state index in [1.54, 1.807) is 36.4 Å². The van der Waals surface area contributed by atoms with Crippen molar-refractivity contribution in [1.29, 1.82) is 0 Å². The minimum atomic E-state index is -3.83. The number of hydrogen-bond donors (Lipinski definition) is 3. The first kappa shape index (κ1) is 17.5. The summed E-state index contributed by atoms with van der Waals surface area (Å²) in [6.45, 7) is 0. The van der Waals surface area contributed by atoms with E-state index in [-0.39, 0.29) is 4.90 Å². The van der Waals surface area contributed by atoms with E-state index in [4.69, 9.17) is 9.94 Å². The first-order valence-electron chi connectivity index (χ1n) is 6.84. The zero-order valence-electron chi connectivity index (χ0n) is 12.8. The maximum Gasteiger partial charge on any atom is 0.267 e. The Labute approximate surface area is 139 Å². The van der Waals surface area contributed by atoms with Gasteiger partial charge in [0.2, 0.25) is 0 Å². The predicted octanol–water partition coefficient (Wildman–Crippen LogP) is 2.01. The number of ether oxygens (including phenoxy) is 1. The molecule has 0 spiro atoms. The average molecular weight is 348 g/mol. The molecule has 0 saturated heterocycles. The van der Waals surface area contributed by atoms with Gasteiger partial charge in [-0.25, -0.2) is 13.9 Å². The van der Waals surface area contributed by atoms with Gasteiger partial charge in [0.05, 0.1) is 17.7 Å². The molecule has 2 aromatic carbocycles. The van der Waals surface area contributed by atoms with Gasteiger partial charge in [-0.15, -0.1) is 0 Å². The van der Waals surface area contributed by atoms with Crippen LogP contribution in [0.3, 0.4) is 0 Å². The van der Waals surface area contributed by atoms with Gasteiger partial charge in [-0.3, -0.25) is 14.7 Å². The van der Waals surface area contributed by atoms with Crippen LogP contribution in [0, 0.1) is 0 Å². The highest BCUT2D eigenvalue weighted by molar-refractivity contribution is 7.92. The van der Waals surface area contributed by atoms with E-state index in [9.17, 15) is 13.2 Å². The minimum absolute atomic E-state index is 0.0277. The second-order valence-corrected chi connectivity index (χ2v) is 6.37. The first-order chi connectivity index (χ1) is 11.5. The monoisotopic (exact) mass is 348 g/mol. The summed E-state index contributed by atoms with van der Waals surface area (Å²) in [5, 5.41) is 8.44. The van der Waals surface area contributed by atoms with Gasteiger partial charge in [-0.05, 0) is 35.9 Å². The van der Waals surface area contributed by atoms with Gasteiger partial charge in [0.25, 0.3) is 15.9 Å². The van der Waals surface area contributed by atoms with Crippen LogP contribution in [-0.4, -0.2) is 26.6 Å². The van der Waals surface area contributed by atoms with Crippen LogP contribution in [0.4, 0.5) is 5.69 Å². The number of methoxy groups -OCH3 is 1. The van der Waals surface area contributed by atoms with Crippen molar-refractivity contribution in [3.63, 3.8) is 0 Å². The third-order valence-corrected chi connectivity index (χ3v) is 4.42. The SMILES string of the molecule is COc1ccccc1NS(=O)(=O)c1cccc(/C=C/C(=O)NO)c1. The Morgan fingerprint density at radius 2 is 1.92 bits per heavy atom. The Morgan fingerprint density at radius 1 is 1.17 bits per heavy atom. The van der Waals surface area contributed by atoms with Gasteiger partial charge in [-0.2, -0.15) is 0 Å². The van der Waals surface area contributed by atoms with Crippen molar-refractivity contribution in [2.24, 2.45) is 0 Å².